The summed E-state index contributed by atoms with van der Waals surface area (Å²) in [5.74, 6) is 0.0474. The normalized spacial score (nSPS) is 10.7. The van der Waals surface area contributed by atoms with E-state index in [-0.39, 0.29) is 5.78 Å². The van der Waals surface area contributed by atoms with Crippen LogP contribution in [0.5, 0.6) is 0 Å². The lowest BCUT2D eigenvalue weighted by atomic mass is 10.3. The smallest absolute Gasteiger partial charge is 0.152 e. The van der Waals surface area contributed by atoms with E-state index in [2.05, 4.69) is 4.98 Å². The number of aryl methyl sites for hydroxylation is 1. The Bertz CT molecular complexity index is 286. The fourth-order valence-corrected chi connectivity index (χ4v) is 0.731. The first-order chi connectivity index (χ1) is 5.20. The zero-order chi connectivity index (χ0) is 8.27. The Morgan fingerprint density at radius 2 is 2.45 bits per heavy atom. The van der Waals surface area contributed by atoms with Crippen LogP contribution in [0.2, 0.25) is 0 Å². The van der Waals surface area contributed by atoms with Crippen LogP contribution in [0.3, 0.4) is 0 Å². The SMILES string of the molecule is CC(=O)C=Cc1cncn1C. The fraction of sp³-hybridized carbons (Fsp3) is 0.250. The fourth-order valence-electron chi connectivity index (χ4n) is 0.731. The second kappa shape index (κ2) is 3.14. The van der Waals surface area contributed by atoms with Gasteiger partial charge in [0.15, 0.2) is 5.78 Å². The molecule has 0 aliphatic carbocycles. The quantitative estimate of drug-likeness (QED) is 0.590. The van der Waals surface area contributed by atoms with Gasteiger partial charge in [-0.2, -0.15) is 0 Å². The highest BCUT2D eigenvalue weighted by atomic mass is 16.1. The van der Waals surface area contributed by atoms with E-state index < -0.39 is 0 Å². The Morgan fingerprint density at radius 1 is 1.73 bits per heavy atom. The summed E-state index contributed by atoms with van der Waals surface area (Å²) < 4.78 is 1.85. The molecule has 58 valence electrons. The van der Waals surface area contributed by atoms with Gasteiger partial charge in [0.25, 0.3) is 0 Å². The molecule has 0 atom stereocenters. The predicted octanol–water partition coefficient (Wildman–Crippen LogP) is 1.02. The minimum atomic E-state index is 0.0474. The van der Waals surface area contributed by atoms with E-state index >= 15 is 0 Å². The topological polar surface area (TPSA) is 34.9 Å². The number of hydrogen-bond donors (Lipinski definition) is 0. The highest BCUT2D eigenvalue weighted by Crippen LogP contribution is 1.98. The van der Waals surface area contributed by atoms with Gasteiger partial charge in [-0.05, 0) is 19.1 Å². The summed E-state index contributed by atoms with van der Waals surface area (Å²) in [4.78, 5) is 14.4. The molecule has 0 unspecified atom stereocenters. The van der Waals surface area contributed by atoms with Crippen LogP contribution in [-0.2, 0) is 11.8 Å². The largest absolute Gasteiger partial charge is 0.334 e. The zero-order valence-corrected chi connectivity index (χ0v) is 6.61. The van der Waals surface area contributed by atoms with Crippen LogP contribution < -0.4 is 0 Å². The highest BCUT2D eigenvalue weighted by molar-refractivity contribution is 5.91. The molecule has 3 heteroatoms. The summed E-state index contributed by atoms with van der Waals surface area (Å²) >= 11 is 0. The third kappa shape index (κ3) is 2.04. The summed E-state index contributed by atoms with van der Waals surface area (Å²) in [6, 6.07) is 0. The van der Waals surface area contributed by atoms with Crippen molar-refractivity contribution in [1.29, 1.82) is 0 Å². The number of rotatable bonds is 2. The third-order valence-electron chi connectivity index (χ3n) is 1.34. The van der Waals surface area contributed by atoms with E-state index in [4.69, 9.17) is 0 Å². The van der Waals surface area contributed by atoms with Crippen LogP contribution in [0.1, 0.15) is 12.6 Å². The number of allylic oxidation sites excluding steroid dienone is 1. The molecule has 0 amide bonds. The summed E-state index contributed by atoms with van der Waals surface area (Å²) in [6.07, 6.45) is 6.67. The molecule has 3 nitrogen and oxygen atoms in total. The van der Waals surface area contributed by atoms with Gasteiger partial charge in [0.2, 0.25) is 0 Å². The monoisotopic (exact) mass is 150 g/mol. The number of carbonyl (C=O) groups excluding carboxylic acids is 1. The number of carbonyl (C=O) groups is 1. The van der Waals surface area contributed by atoms with Crippen LogP contribution in [-0.4, -0.2) is 15.3 Å². The van der Waals surface area contributed by atoms with Crippen molar-refractivity contribution in [1.82, 2.24) is 9.55 Å². The second-order valence-electron chi connectivity index (χ2n) is 2.37. The van der Waals surface area contributed by atoms with Crippen molar-refractivity contribution in [3.05, 3.63) is 24.3 Å². The first-order valence-electron chi connectivity index (χ1n) is 3.35. The van der Waals surface area contributed by atoms with E-state index in [0.29, 0.717) is 0 Å². The van der Waals surface area contributed by atoms with Crippen molar-refractivity contribution in [2.45, 2.75) is 6.92 Å². The molecule has 0 aliphatic rings. The molecule has 0 radical (unpaired) electrons. The minimum absolute atomic E-state index is 0.0474. The molecule has 0 aliphatic heterocycles. The first kappa shape index (κ1) is 7.72. The minimum Gasteiger partial charge on any atom is -0.334 e. The van der Waals surface area contributed by atoms with Gasteiger partial charge >= 0.3 is 0 Å². The summed E-state index contributed by atoms with van der Waals surface area (Å²) in [5, 5.41) is 0. The molecule has 1 aromatic rings. The van der Waals surface area contributed by atoms with E-state index in [0.717, 1.165) is 5.69 Å². The molecule has 0 fully saturated rings. The van der Waals surface area contributed by atoms with Crippen LogP contribution in [0.4, 0.5) is 0 Å². The molecular formula is C8H10N2O. The van der Waals surface area contributed by atoms with Gasteiger partial charge in [0.1, 0.15) is 0 Å². The molecule has 1 rings (SSSR count). The van der Waals surface area contributed by atoms with Crippen LogP contribution in [0.15, 0.2) is 18.6 Å². The number of aromatic nitrogens is 2. The Kier molecular flexibility index (Phi) is 2.21. The highest BCUT2D eigenvalue weighted by Gasteiger charge is 1.91. The van der Waals surface area contributed by atoms with Crippen LogP contribution in [0, 0.1) is 0 Å². The Balaban J connectivity index is 2.79. The molecule has 1 aromatic heterocycles. The molecular weight excluding hydrogens is 140 g/mol. The van der Waals surface area contributed by atoms with Gasteiger partial charge < -0.3 is 4.57 Å². The molecule has 1 heterocycles. The number of nitrogens with zero attached hydrogens (tertiary/aromatic N) is 2. The maximum Gasteiger partial charge on any atom is 0.152 e. The Hall–Kier alpha value is -1.38. The van der Waals surface area contributed by atoms with Crippen molar-refractivity contribution in [3.63, 3.8) is 0 Å². The van der Waals surface area contributed by atoms with Gasteiger partial charge in [0, 0.05) is 7.05 Å². The second-order valence-corrected chi connectivity index (χ2v) is 2.37. The predicted molar refractivity (Wildman–Crippen MR) is 42.9 cm³/mol. The van der Waals surface area contributed by atoms with E-state index in [1.54, 1.807) is 18.6 Å². The zero-order valence-electron chi connectivity index (χ0n) is 6.61. The molecule has 0 spiro atoms. The van der Waals surface area contributed by atoms with E-state index in [9.17, 15) is 4.79 Å². The number of imidazole rings is 1. The number of ketones is 1. The standard InChI is InChI=1S/C8H10N2O/c1-7(11)3-4-8-5-9-6-10(8)2/h3-6H,1-2H3. The molecule has 0 N–H and O–H groups in total. The molecule has 0 saturated heterocycles. The lowest BCUT2D eigenvalue weighted by Gasteiger charge is -1.91. The van der Waals surface area contributed by atoms with E-state index in [1.165, 1.54) is 13.0 Å². The lowest BCUT2D eigenvalue weighted by Crippen LogP contribution is -1.88. The average Bonchev–Trinajstić information content (AvgIpc) is 2.31. The van der Waals surface area contributed by atoms with Crippen molar-refractivity contribution in [2.24, 2.45) is 7.05 Å². The summed E-state index contributed by atoms with van der Waals surface area (Å²) in [6.45, 7) is 1.52. The van der Waals surface area contributed by atoms with Crippen LogP contribution >= 0.6 is 0 Å². The Labute approximate surface area is 65.4 Å². The van der Waals surface area contributed by atoms with Crippen molar-refractivity contribution >= 4 is 11.9 Å². The lowest BCUT2D eigenvalue weighted by molar-refractivity contribution is -0.112. The van der Waals surface area contributed by atoms with Gasteiger partial charge in [-0.15, -0.1) is 0 Å². The average molecular weight is 150 g/mol. The van der Waals surface area contributed by atoms with Crippen LogP contribution in [0.25, 0.3) is 6.08 Å². The van der Waals surface area contributed by atoms with Crippen molar-refractivity contribution < 1.29 is 4.79 Å². The molecule has 0 saturated carbocycles. The van der Waals surface area contributed by atoms with Gasteiger partial charge in [-0.3, -0.25) is 4.79 Å². The summed E-state index contributed by atoms with van der Waals surface area (Å²) in [7, 11) is 1.88. The number of hydrogen-bond acceptors (Lipinski definition) is 2. The maximum absolute atomic E-state index is 10.5. The first-order valence-corrected chi connectivity index (χ1v) is 3.35. The van der Waals surface area contributed by atoms with Crippen molar-refractivity contribution in [2.75, 3.05) is 0 Å². The maximum atomic E-state index is 10.5. The van der Waals surface area contributed by atoms with E-state index in [1.807, 2.05) is 11.6 Å². The van der Waals surface area contributed by atoms with Gasteiger partial charge in [-0.1, -0.05) is 0 Å². The van der Waals surface area contributed by atoms with Gasteiger partial charge in [-0.25, -0.2) is 4.98 Å². The van der Waals surface area contributed by atoms with Gasteiger partial charge in [0.05, 0.1) is 18.2 Å². The summed E-state index contributed by atoms with van der Waals surface area (Å²) in [5.41, 5.74) is 0.931. The Morgan fingerprint density at radius 3 is 2.91 bits per heavy atom. The molecule has 0 bridgehead atoms. The molecule has 0 aromatic carbocycles. The third-order valence-corrected chi connectivity index (χ3v) is 1.34. The van der Waals surface area contributed by atoms with Crippen molar-refractivity contribution in [3.8, 4) is 0 Å². The molecule has 11 heavy (non-hydrogen) atoms.